The molecule has 0 atom stereocenters. The minimum atomic E-state index is -1.10. The Morgan fingerprint density at radius 1 is 1.11 bits per heavy atom. The highest BCUT2D eigenvalue weighted by molar-refractivity contribution is 9.10. The Kier molecular flexibility index (Phi) is 8.42. The lowest BCUT2D eigenvalue weighted by atomic mass is 10.0. The van der Waals surface area contributed by atoms with Crippen LogP contribution >= 0.6 is 15.9 Å². The van der Waals surface area contributed by atoms with Crippen LogP contribution in [0.15, 0.2) is 51.9 Å². The zero-order valence-corrected chi connectivity index (χ0v) is 23.1. The van der Waals surface area contributed by atoms with Gasteiger partial charge in [-0.25, -0.2) is 4.79 Å². The van der Waals surface area contributed by atoms with E-state index in [1.165, 1.54) is 0 Å². The molecule has 0 aliphatic carbocycles. The molecule has 0 radical (unpaired) electrons. The molecule has 0 N–H and O–H groups in total. The molecule has 188 valence electrons. The van der Waals surface area contributed by atoms with Crippen molar-refractivity contribution in [1.82, 2.24) is 4.90 Å². The van der Waals surface area contributed by atoms with Gasteiger partial charge in [0.25, 0.3) is 5.91 Å². The maximum atomic E-state index is 12.9. The zero-order valence-electron chi connectivity index (χ0n) is 21.5. The number of unbranched alkanes of at least 4 members (excludes halogenated alkanes) is 1. The molecule has 1 aliphatic heterocycles. The summed E-state index contributed by atoms with van der Waals surface area (Å²) in [5, 5.41) is 0. The van der Waals surface area contributed by atoms with Crippen LogP contribution in [0, 0.1) is 0 Å². The molecule has 3 rings (SSSR count). The number of carbonyl (C=O) groups excluding carboxylic acids is 2. The molecule has 35 heavy (non-hydrogen) atoms. The van der Waals surface area contributed by atoms with Crippen LogP contribution in [0.4, 0.5) is 0 Å². The molecule has 1 aliphatic rings. The van der Waals surface area contributed by atoms with Crippen molar-refractivity contribution in [3.05, 3.63) is 52.5 Å². The van der Waals surface area contributed by atoms with Gasteiger partial charge < -0.3 is 9.47 Å². The minimum Gasteiger partial charge on any atom is -0.476 e. The minimum absolute atomic E-state index is 0.0458. The fourth-order valence-corrected chi connectivity index (χ4v) is 4.45. The van der Waals surface area contributed by atoms with E-state index in [1.807, 2.05) is 61.2 Å². The molecule has 2 aromatic carbocycles. The number of carbonyl (C=O) groups is 2. The standard InChI is InChI=1S/C28H35BrN2O4/c1-7-9-10-24-30-27(3,4)25(32)31(24)18-19-11-13-20(14-12-19)22-17-21(15-16-23(22)29)35-28(5,6)26(33)34-8-2/h11-17H,7-10,18H2,1-6H3. The predicted octanol–water partition coefficient (Wildman–Crippen LogP) is 6.55. The third-order valence-corrected chi connectivity index (χ3v) is 6.62. The normalized spacial score (nSPS) is 15.2. The summed E-state index contributed by atoms with van der Waals surface area (Å²) in [5.41, 5.74) is 1.17. The van der Waals surface area contributed by atoms with E-state index in [9.17, 15) is 9.59 Å². The number of amidine groups is 1. The molecule has 0 fully saturated rings. The maximum absolute atomic E-state index is 12.9. The number of ether oxygens (including phenoxy) is 2. The summed E-state index contributed by atoms with van der Waals surface area (Å²) in [5.74, 6) is 1.09. The summed E-state index contributed by atoms with van der Waals surface area (Å²) < 4.78 is 12.0. The van der Waals surface area contributed by atoms with E-state index in [0.29, 0.717) is 18.9 Å². The Morgan fingerprint density at radius 3 is 2.43 bits per heavy atom. The Hall–Kier alpha value is -2.67. The predicted molar refractivity (Wildman–Crippen MR) is 143 cm³/mol. The molecule has 0 saturated heterocycles. The smallest absolute Gasteiger partial charge is 0.349 e. The zero-order chi connectivity index (χ0) is 25.8. The highest BCUT2D eigenvalue weighted by Crippen LogP contribution is 2.34. The van der Waals surface area contributed by atoms with Crippen LogP contribution in [-0.2, 0) is 20.9 Å². The van der Waals surface area contributed by atoms with Gasteiger partial charge in [-0.15, -0.1) is 0 Å². The fourth-order valence-electron chi connectivity index (χ4n) is 3.97. The van der Waals surface area contributed by atoms with E-state index in [0.717, 1.165) is 46.3 Å². The van der Waals surface area contributed by atoms with Crippen LogP contribution in [-0.4, -0.2) is 40.4 Å². The van der Waals surface area contributed by atoms with Crippen molar-refractivity contribution in [2.75, 3.05) is 6.61 Å². The second kappa shape index (κ2) is 10.9. The van der Waals surface area contributed by atoms with Crippen LogP contribution < -0.4 is 4.74 Å². The molecular formula is C28H35BrN2O4. The van der Waals surface area contributed by atoms with Gasteiger partial charge >= 0.3 is 5.97 Å². The number of esters is 1. The van der Waals surface area contributed by atoms with Gasteiger partial charge in [0.1, 0.15) is 17.1 Å². The number of hydrogen-bond acceptors (Lipinski definition) is 5. The molecule has 2 aromatic rings. The van der Waals surface area contributed by atoms with Gasteiger partial charge in [-0.2, -0.15) is 0 Å². The monoisotopic (exact) mass is 542 g/mol. The van der Waals surface area contributed by atoms with Crippen LogP contribution in [0.3, 0.4) is 0 Å². The first-order valence-electron chi connectivity index (χ1n) is 12.1. The maximum Gasteiger partial charge on any atom is 0.349 e. The molecular weight excluding hydrogens is 508 g/mol. The van der Waals surface area contributed by atoms with Crippen LogP contribution in [0.2, 0.25) is 0 Å². The van der Waals surface area contributed by atoms with Gasteiger partial charge in [0.15, 0.2) is 5.60 Å². The van der Waals surface area contributed by atoms with Crippen molar-refractivity contribution in [2.45, 2.75) is 78.5 Å². The van der Waals surface area contributed by atoms with Gasteiger partial charge in [-0.3, -0.25) is 14.7 Å². The van der Waals surface area contributed by atoms with Gasteiger partial charge in [-0.1, -0.05) is 53.5 Å². The molecule has 1 amide bonds. The Morgan fingerprint density at radius 2 is 1.80 bits per heavy atom. The number of hydrogen-bond donors (Lipinski definition) is 0. The molecule has 0 spiro atoms. The van der Waals surface area contributed by atoms with Crippen molar-refractivity contribution in [3.8, 4) is 16.9 Å². The SMILES string of the molecule is CCCCC1=NC(C)(C)C(=O)N1Cc1ccc(-c2cc(OC(C)(C)C(=O)OCC)ccc2Br)cc1. The summed E-state index contributed by atoms with van der Waals surface area (Å²) in [6.07, 6.45) is 2.88. The Balaban J connectivity index is 1.79. The van der Waals surface area contributed by atoms with Gasteiger partial charge in [0.2, 0.25) is 0 Å². The van der Waals surface area contributed by atoms with Crippen molar-refractivity contribution in [3.63, 3.8) is 0 Å². The third-order valence-electron chi connectivity index (χ3n) is 5.93. The quantitative estimate of drug-likeness (QED) is 0.319. The lowest BCUT2D eigenvalue weighted by Gasteiger charge is -2.24. The van der Waals surface area contributed by atoms with E-state index in [1.54, 1.807) is 20.8 Å². The Bertz CT molecular complexity index is 1110. The topological polar surface area (TPSA) is 68.2 Å². The summed E-state index contributed by atoms with van der Waals surface area (Å²) >= 11 is 3.63. The van der Waals surface area contributed by atoms with Crippen LogP contribution in [0.25, 0.3) is 11.1 Å². The van der Waals surface area contributed by atoms with E-state index in [-0.39, 0.29) is 5.91 Å². The third kappa shape index (κ3) is 6.31. The average Bonchev–Trinajstić information content (AvgIpc) is 3.02. The Labute approximate surface area is 216 Å². The second-order valence-corrected chi connectivity index (χ2v) is 10.6. The highest BCUT2D eigenvalue weighted by Gasteiger charge is 2.40. The number of benzene rings is 2. The number of aliphatic imine (C=N–C) groups is 1. The summed E-state index contributed by atoms with van der Waals surface area (Å²) in [4.78, 5) is 31.7. The van der Waals surface area contributed by atoms with Gasteiger partial charge in [-0.05, 0) is 75.9 Å². The summed E-state index contributed by atoms with van der Waals surface area (Å²) in [6, 6.07) is 13.8. The van der Waals surface area contributed by atoms with E-state index in [2.05, 4.69) is 22.9 Å². The molecule has 7 heteroatoms. The summed E-state index contributed by atoms with van der Waals surface area (Å²) in [6.45, 7) is 11.9. The second-order valence-electron chi connectivity index (χ2n) is 9.75. The van der Waals surface area contributed by atoms with E-state index >= 15 is 0 Å². The molecule has 6 nitrogen and oxygen atoms in total. The van der Waals surface area contributed by atoms with Gasteiger partial charge in [0.05, 0.1) is 13.2 Å². The lowest BCUT2D eigenvalue weighted by Crippen LogP contribution is -2.39. The van der Waals surface area contributed by atoms with Gasteiger partial charge in [0, 0.05) is 10.9 Å². The van der Waals surface area contributed by atoms with E-state index in [4.69, 9.17) is 14.5 Å². The van der Waals surface area contributed by atoms with Crippen LogP contribution in [0.1, 0.15) is 66.4 Å². The van der Waals surface area contributed by atoms with Crippen molar-refractivity contribution >= 4 is 33.6 Å². The number of halogens is 1. The lowest BCUT2D eigenvalue weighted by molar-refractivity contribution is -0.158. The van der Waals surface area contributed by atoms with E-state index < -0.39 is 17.1 Å². The van der Waals surface area contributed by atoms with Crippen LogP contribution in [0.5, 0.6) is 5.75 Å². The molecule has 0 unspecified atom stereocenters. The first-order chi connectivity index (χ1) is 16.5. The van der Waals surface area contributed by atoms with Crippen molar-refractivity contribution in [2.24, 2.45) is 4.99 Å². The molecule has 0 aromatic heterocycles. The fraction of sp³-hybridized carbons (Fsp3) is 0.464. The number of nitrogens with zero attached hydrogens (tertiary/aromatic N) is 2. The highest BCUT2D eigenvalue weighted by atomic mass is 79.9. The molecule has 0 saturated carbocycles. The van der Waals surface area contributed by atoms with Crippen molar-refractivity contribution < 1.29 is 19.1 Å². The number of amides is 1. The summed E-state index contributed by atoms with van der Waals surface area (Å²) in [7, 11) is 0. The first kappa shape index (κ1) is 26.9. The van der Waals surface area contributed by atoms with Crippen molar-refractivity contribution in [1.29, 1.82) is 0 Å². The molecule has 1 heterocycles. The number of rotatable bonds is 10. The first-order valence-corrected chi connectivity index (χ1v) is 12.9. The molecule has 0 bridgehead atoms. The largest absolute Gasteiger partial charge is 0.476 e. The average molecular weight is 544 g/mol.